The maximum Gasteiger partial charge on any atom is 0.0474 e. The number of hydrogen-bond acceptors (Lipinski definition) is 2. The smallest absolute Gasteiger partial charge is 0.0474 e. The fraction of sp³-hybridized carbons (Fsp3) is 1.00. The average molecular weight is 171 g/mol. The number of nitrogens with zero attached hydrogens (tertiary/aromatic N) is 1. The van der Waals surface area contributed by atoms with E-state index in [9.17, 15) is 0 Å². The van der Waals surface area contributed by atoms with E-state index in [1.807, 2.05) is 0 Å². The molecule has 2 heteroatoms. The molecule has 0 radical (unpaired) electrons. The van der Waals surface area contributed by atoms with Gasteiger partial charge in [0.1, 0.15) is 0 Å². The summed E-state index contributed by atoms with van der Waals surface area (Å²) in [6.07, 6.45) is 1.24. The minimum Gasteiger partial charge on any atom is -0.396 e. The van der Waals surface area contributed by atoms with Gasteiger partial charge in [0.25, 0.3) is 0 Å². The topological polar surface area (TPSA) is 23.5 Å². The number of aliphatic hydroxyl groups is 1. The first-order valence-corrected chi connectivity index (χ1v) is 5.00. The first-order chi connectivity index (χ1) is 5.65. The minimum absolute atomic E-state index is 0.352. The van der Waals surface area contributed by atoms with Gasteiger partial charge in [-0.1, -0.05) is 6.92 Å². The summed E-state index contributed by atoms with van der Waals surface area (Å²) in [6, 6.07) is 0.631. The number of hydrogen-bond donors (Lipinski definition) is 1. The van der Waals surface area contributed by atoms with Crippen molar-refractivity contribution in [2.45, 2.75) is 33.2 Å². The van der Waals surface area contributed by atoms with Crippen LogP contribution in [0, 0.1) is 11.8 Å². The summed E-state index contributed by atoms with van der Waals surface area (Å²) >= 11 is 0. The second-order valence-corrected chi connectivity index (χ2v) is 4.30. The third kappa shape index (κ3) is 2.20. The molecule has 72 valence electrons. The van der Waals surface area contributed by atoms with E-state index in [0.717, 1.165) is 6.54 Å². The second-order valence-electron chi connectivity index (χ2n) is 4.30. The molecule has 2 atom stereocenters. The Morgan fingerprint density at radius 2 is 2.17 bits per heavy atom. The molecule has 0 bridgehead atoms. The predicted octanol–water partition coefficient (Wildman–Crippen LogP) is 1.35. The third-order valence-corrected chi connectivity index (χ3v) is 3.11. The van der Waals surface area contributed by atoms with E-state index in [1.165, 1.54) is 13.0 Å². The van der Waals surface area contributed by atoms with E-state index < -0.39 is 0 Å². The predicted molar refractivity (Wildman–Crippen MR) is 51.1 cm³/mol. The lowest BCUT2D eigenvalue weighted by molar-refractivity contribution is 0.0627. The summed E-state index contributed by atoms with van der Waals surface area (Å²) in [5.74, 6) is 1.20. The number of aliphatic hydroxyl groups excluding tert-OH is 1. The van der Waals surface area contributed by atoms with Gasteiger partial charge in [-0.15, -0.1) is 0 Å². The summed E-state index contributed by atoms with van der Waals surface area (Å²) in [7, 11) is 0. The molecule has 2 nitrogen and oxygen atoms in total. The van der Waals surface area contributed by atoms with Crippen LogP contribution in [0.3, 0.4) is 0 Å². The summed E-state index contributed by atoms with van der Waals surface area (Å²) in [6.45, 7) is 9.34. The summed E-state index contributed by atoms with van der Waals surface area (Å²) in [5.41, 5.74) is 0. The van der Waals surface area contributed by atoms with Crippen molar-refractivity contribution in [3.05, 3.63) is 0 Å². The molecule has 0 spiro atoms. The Morgan fingerprint density at radius 1 is 1.50 bits per heavy atom. The first kappa shape index (κ1) is 10.0. The van der Waals surface area contributed by atoms with Crippen molar-refractivity contribution in [3.8, 4) is 0 Å². The summed E-state index contributed by atoms with van der Waals surface area (Å²) in [5, 5.41) is 9.13. The standard InChI is InChI=1S/C10H21NO/c1-8(2)11-5-4-9(3)10(6-11)7-12/h8-10,12H,4-7H2,1-3H3. The number of likely N-dealkylation sites (tertiary alicyclic amines) is 1. The van der Waals surface area contributed by atoms with E-state index in [4.69, 9.17) is 5.11 Å². The van der Waals surface area contributed by atoms with Crippen LogP contribution >= 0.6 is 0 Å². The highest BCUT2D eigenvalue weighted by Gasteiger charge is 2.26. The van der Waals surface area contributed by atoms with E-state index in [1.54, 1.807) is 0 Å². The molecule has 2 unspecified atom stereocenters. The quantitative estimate of drug-likeness (QED) is 0.678. The Labute approximate surface area is 75.6 Å². The molecular formula is C10H21NO. The van der Waals surface area contributed by atoms with Crippen molar-refractivity contribution in [1.29, 1.82) is 0 Å². The molecule has 1 fully saturated rings. The molecular weight excluding hydrogens is 150 g/mol. The normalized spacial score (nSPS) is 32.8. The third-order valence-electron chi connectivity index (χ3n) is 3.11. The molecule has 1 rings (SSSR count). The molecule has 1 heterocycles. The van der Waals surface area contributed by atoms with Gasteiger partial charge in [0, 0.05) is 19.2 Å². The highest BCUT2D eigenvalue weighted by Crippen LogP contribution is 2.23. The lowest BCUT2D eigenvalue weighted by Gasteiger charge is -2.38. The van der Waals surface area contributed by atoms with E-state index in [-0.39, 0.29) is 0 Å². The van der Waals surface area contributed by atoms with Crippen LogP contribution in [0.1, 0.15) is 27.2 Å². The van der Waals surface area contributed by atoms with Gasteiger partial charge in [-0.25, -0.2) is 0 Å². The highest BCUT2D eigenvalue weighted by atomic mass is 16.3. The fourth-order valence-electron chi connectivity index (χ4n) is 1.88. The Morgan fingerprint density at radius 3 is 2.67 bits per heavy atom. The van der Waals surface area contributed by atoms with Crippen molar-refractivity contribution >= 4 is 0 Å². The molecule has 0 amide bonds. The van der Waals surface area contributed by atoms with Crippen molar-refractivity contribution in [2.75, 3.05) is 19.7 Å². The Balaban J connectivity index is 2.44. The molecule has 0 saturated carbocycles. The monoisotopic (exact) mass is 171 g/mol. The van der Waals surface area contributed by atoms with Gasteiger partial charge in [0.05, 0.1) is 0 Å². The molecule has 0 aromatic heterocycles. The lowest BCUT2D eigenvalue weighted by Crippen LogP contribution is -2.44. The minimum atomic E-state index is 0.352. The van der Waals surface area contributed by atoms with Gasteiger partial charge in [-0.05, 0) is 38.6 Å². The number of piperidine rings is 1. The molecule has 1 aliphatic heterocycles. The molecule has 0 aromatic carbocycles. The van der Waals surface area contributed by atoms with Crippen molar-refractivity contribution in [1.82, 2.24) is 4.90 Å². The van der Waals surface area contributed by atoms with Gasteiger partial charge in [-0.3, -0.25) is 0 Å². The SMILES string of the molecule is CC1CCN(C(C)C)CC1CO. The Hall–Kier alpha value is -0.0800. The van der Waals surface area contributed by atoms with E-state index in [0.29, 0.717) is 24.5 Å². The zero-order chi connectivity index (χ0) is 9.14. The van der Waals surface area contributed by atoms with Gasteiger partial charge in [0.15, 0.2) is 0 Å². The van der Waals surface area contributed by atoms with Crippen LogP contribution in [0.25, 0.3) is 0 Å². The van der Waals surface area contributed by atoms with E-state index in [2.05, 4.69) is 25.7 Å². The van der Waals surface area contributed by atoms with Crippen molar-refractivity contribution < 1.29 is 5.11 Å². The zero-order valence-corrected chi connectivity index (χ0v) is 8.45. The van der Waals surface area contributed by atoms with Crippen molar-refractivity contribution in [2.24, 2.45) is 11.8 Å². The molecule has 0 aromatic rings. The van der Waals surface area contributed by atoms with Crippen LogP contribution in [0.5, 0.6) is 0 Å². The number of rotatable bonds is 2. The maximum absolute atomic E-state index is 9.13. The summed E-state index contributed by atoms with van der Waals surface area (Å²) in [4.78, 5) is 2.46. The van der Waals surface area contributed by atoms with Crippen LogP contribution < -0.4 is 0 Å². The Kier molecular flexibility index (Phi) is 3.53. The van der Waals surface area contributed by atoms with Crippen LogP contribution in [-0.2, 0) is 0 Å². The largest absolute Gasteiger partial charge is 0.396 e. The van der Waals surface area contributed by atoms with Gasteiger partial charge in [0.2, 0.25) is 0 Å². The average Bonchev–Trinajstić information content (AvgIpc) is 2.05. The first-order valence-electron chi connectivity index (χ1n) is 5.00. The fourth-order valence-corrected chi connectivity index (χ4v) is 1.88. The van der Waals surface area contributed by atoms with Crippen LogP contribution in [0.15, 0.2) is 0 Å². The molecule has 12 heavy (non-hydrogen) atoms. The van der Waals surface area contributed by atoms with E-state index >= 15 is 0 Å². The van der Waals surface area contributed by atoms with Crippen LogP contribution in [0.4, 0.5) is 0 Å². The lowest BCUT2D eigenvalue weighted by atomic mass is 9.87. The molecule has 0 aliphatic carbocycles. The van der Waals surface area contributed by atoms with Gasteiger partial charge < -0.3 is 10.0 Å². The maximum atomic E-state index is 9.13. The van der Waals surface area contributed by atoms with Crippen molar-refractivity contribution in [3.63, 3.8) is 0 Å². The van der Waals surface area contributed by atoms with Crippen LogP contribution in [0.2, 0.25) is 0 Å². The van der Waals surface area contributed by atoms with Crippen LogP contribution in [-0.4, -0.2) is 35.7 Å². The highest BCUT2D eigenvalue weighted by molar-refractivity contribution is 4.79. The van der Waals surface area contributed by atoms with Gasteiger partial charge >= 0.3 is 0 Å². The second kappa shape index (κ2) is 4.24. The Bertz CT molecular complexity index is 136. The molecule has 1 N–H and O–H groups in total. The molecule has 1 aliphatic rings. The summed E-state index contributed by atoms with van der Waals surface area (Å²) < 4.78 is 0. The zero-order valence-electron chi connectivity index (χ0n) is 8.45. The molecule has 1 saturated heterocycles. The van der Waals surface area contributed by atoms with Gasteiger partial charge in [-0.2, -0.15) is 0 Å².